The molecule has 0 aromatic heterocycles. The highest BCUT2D eigenvalue weighted by atomic mass is 35.5. The Morgan fingerprint density at radius 3 is 2.67 bits per heavy atom. The van der Waals surface area contributed by atoms with E-state index in [0.29, 0.717) is 24.0 Å². The number of hydrogen-bond donors (Lipinski definition) is 2. The van der Waals surface area contributed by atoms with E-state index in [0.717, 1.165) is 5.56 Å². The van der Waals surface area contributed by atoms with E-state index in [9.17, 15) is 13.2 Å². The van der Waals surface area contributed by atoms with Crippen molar-refractivity contribution in [3.05, 3.63) is 53.1 Å². The Balaban J connectivity index is 1.63. The normalized spacial score (nSPS) is 15.2. The zero-order valence-corrected chi connectivity index (χ0v) is 19.6. The molecular weight excluding hydrogens is 472 g/mol. The summed E-state index contributed by atoms with van der Waals surface area (Å²) in [5.41, 5.74) is 6.79. The van der Waals surface area contributed by atoms with Crippen LogP contribution in [0.5, 0.6) is 5.75 Å². The molecule has 10 nitrogen and oxygen atoms in total. The van der Waals surface area contributed by atoms with Gasteiger partial charge in [-0.15, -0.1) is 0 Å². The molecule has 3 rings (SSSR count). The number of methoxy groups -OCH3 is 1. The summed E-state index contributed by atoms with van der Waals surface area (Å²) in [7, 11) is -2.33. The smallest absolute Gasteiger partial charge is 0.265 e. The average Bonchev–Trinajstić information content (AvgIpc) is 2.81. The number of ether oxygens (including phenoxy) is 2. The molecule has 1 aliphatic rings. The van der Waals surface area contributed by atoms with Crippen LogP contribution in [0.4, 0.5) is 5.69 Å². The first-order valence-corrected chi connectivity index (χ1v) is 11.9. The number of rotatable bonds is 9. The number of benzene rings is 2. The summed E-state index contributed by atoms with van der Waals surface area (Å²) >= 11 is 6.09. The number of morpholine rings is 1. The SMILES string of the molecule is COc1ccc(S(=O)(=O)N2CCOCC2)cc1NC(=O)CO/N=C(/N)Cc1ccccc1Cl. The van der Waals surface area contributed by atoms with Crippen LogP contribution in [0.25, 0.3) is 0 Å². The van der Waals surface area contributed by atoms with Gasteiger partial charge in [-0.05, 0) is 29.8 Å². The highest BCUT2D eigenvalue weighted by Crippen LogP contribution is 2.29. The van der Waals surface area contributed by atoms with Crippen molar-refractivity contribution >= 4 is 39.1 Å². The second kappa shape index (κ2) is 11.3. The predicted molar refractivity (Wildman–Crippen MR) is 124 cm³/mol. The van der Waals surface area contributed by atoms with Gasteiger partial charge in [0, 0.05) is 24.5 Å². The molecule has 0 radical (unpaired) electrons. The van der Waals surface area contributed by atoms with Crippen molar-refractivity contribution in [1.82, 2.24) is 4.31 Å². The summed E-state index contributed by atoms with van der Waals surface area (Å²) in [5, 5.41) is 6.86. The molecule has 0 unspecified atom stereocenters. The van der Waals surface area contributed by atoms with Gasteiger partial charge in [0.1, 0.15) is 11.6 Å². The summed E-state index contributed by atoms with van der Waals surface area (Å²) in [6, 6.07) is 11.4. The minimum absolute atomic E-state index is 0.0309. The quantitative estimate of drug-likeness (QED) is 0.307. The summed E-state index contributed by atoms with van der Waals surface area (Å²) in [4.78, 5) is 17.4. The fraction of sp³-hybridized carbons (Fsp3) is 0.333. The Hall–Kier alpha value is -2.86. The molecule has 0 aliphatic carbocycles. The lowest BCUT2D eigenvalue weighted by molar-refractivity contribution is -0.120. The Labute approximate surface area is 197 Å². The van der Waals surface area contributed by atoms with Gasteiger partial charge in [-0.3, -0.25) is 4.79 Å². The molecule has 0 bridgehead atoms. The van der Waals surface area contributed by atoms with E-state index in [-0.39, 0.29) is 35.9 Å². The maximum atomic E-state index is 12.9. The Kier molecular flexibility index (Phi) is 8.50. The first kappa shape index (κ1) is 24.8. The number of nitrogens with zero attached hydrogens (tertiary/aromatic N) is 2. The van der Waals surface area contributed by atoms with Crippen molar-refractivity contribution in [2.75, 3.05) is 45.3 Å². The van der Waals surface area contributed by atoms with Crippen molar-refractivity contribution in [3.8, 4) is 5.75 Å². The van der Waals surface area contributed by atoms with Crippen LogP contribution in [-0.4, -0.2) is 64.5 Å². The minimum atomic E-state index is -3.74. The van der Waals surface area contributed by atoms with Gasteiger partial charge >= 0.3 is 0 Å². The number of hydrogen-bond acceptors (Lipinski definition) is 7. The zero-order chi connectivity index (χ0) is 23.8. The van der Waals surface area contributed by atoms with E-state index >= 15 is 0 Å². The fourth-order valence-electron chi connectivity index (χ4n) is 3.11. The molecule has 33 heavy (non-hydrogen) atoms. The second-order valence-electron chi connectivity index (χ2n) is 7.05. The third-order valence-corrected chi connectivity index (χ3v) is 7.02. The maximum absolute atomic E-state index is 12.9. The van der Waals surface area contributed by atoms with Crippen LogP contribution in [0.15, 0.2) is 52.5 Å². The van der Waals surface area contributed by atoms with Gasteiger partial charge in [-0.1, -0.05) is 35.0 Å². The number of carbonyl (C=O) groups excluding carboxylic acids is 1. The number of nitrogens with one attached hydrogen (secondary N) is 1. The highest BCUT2D eigenvalue weighted by Gasteiger charge is 2.27. The number of oxime groups is 1. The number of anilines is 1. The van der Waals surface area contributed by atoms with Crippen LogP contribution < -0.4 is 15.8 Å². The molecule has 1 aliphatic heterocycles. The largest absolute Gasteiger partial charge is 0.495 e. The fourth-order valence-corrected chi connectivity index (χ4v) is 4.75. The number of carbonyl (C=O) groups is 1. The molecule has 0 atom stereocenters. The average molecular weight is 497 g/mol. The second-order valence-corrected chi connectivity index (χ2v) is 9.40. The summed E-state index contributed by atoms with van der Waals surface area (Å²) < 4.78 is 37.6. The molecule has 2 aromatic carbocycles. The first-order valence-electron chi connectivity index (χ1n) is 10.0. The Morgan fingerprint density at radius 2 is 1.97 bits per heavy atom. The lowest BCUT2D eigenvalue weighted by atomic mass is 10.1. The first-order chi connectivity index (χ1) is 15.8. The zero-order valence-electron chi connectivity index (χ0n) is 18.0. The Bertz CT molecular complexity index is 1120. The number of amides is 1. The third kappa shape index (κ3) is 6.57. The lowest BCUT2D eigenvalue weighted by Crippen LogP contribution is -2.40. The van der Waals surface area contributed by atoms with Crippen molar-refractivity contribution in [1.29, 1.82) is 0 Å². The van der Waals surface area contributed by atoms with Gasteiger partial charge in [-0.2, -0.15) is 4.31 Å². The van der Waals surface area contributed by atoms with Gasteiger partial charge in [0.2, 0.25) is 10.0 Å². The third-order valence-electron chi connectivity index (χ3n) is 4.76. The van der Waals surface area contributed by atoms with E-state index in [1.165, 1.54) is 29.6 Å². The van der Waals surface area contributed by atoms with E-state index in [2.05, 4.69) is 10.5 Å². The van der Waals surface area contributed by atoms with E-state index in [1.807, 2.05) is 12.1 Å². The highest BCUT2D eigenvalue weighted by molar-refractivity contribution is 7.89. The number of sulfonamides is 1. The van der Waals surface area contributed by atoms with Crippen LogP contribution in [0, 0.1) is 0 Å². The summed E-state index contributed by atoms with van der Waals surface area (Å²) in [5.74, 6) is -0.124. The Morgan fingerprint density at radius 1 is 1.24 bits per heavy atom. The molecule has 178 valence electrons. The molecule has 1 amide bonds. The van der Waals surface area contributed by atoms with Gasteiger partial charge in [0.15, 0.2) is 6.61 Å². The van der Waals surface area contributed by atoms with Gasteiger partial charge in [0.25, 0.3) is 5.91 Å². The van der Waals surface area contributed by atoms with E-state index in [4.69, 9.17) is 31.6 Å². The van der Waals surface area contributed by atoms with E-state index in [1.54, 1.807) is 12.1 Å². The predicted octanol–water partition coefficient (Wildman–Crippen LogP) is 1.84. The molecule has 1 fully saturated rings. The van der Waals surface area contributed by atoms with Gasteiger partial charge < -0.3 is 25.4 Å². The maximum Gasteiger partial charge on any atom is 0.265 e. The number of nitrogens with two attached hydrogens (primary N) is 1. The topological polar surface area (TPSA) is 133 Å². The molecule has 0 saturated carbocycles. The van der Waals surface area contributed by atoms with Gasteiger partial charge in [-0.25, -0.2) is 8.42 Å². The van der Waals surface area contributed by atoms with Crippen molar-refractivity contribution in [3.63, 3.8) is 0 Å². The molecule has 3 N–H and O–H groups in total. The van der Waals surface area contributed by atoms with Crippen molar-refractivity contribution in [2.24, 2.45) is 10.9 Å². The van der Waals surface area contributed by atoms with Crippen molar-refractivity contribution in [2.45, 2.75) is 11.3 Å². The van der Waals surface area contributed by atoms with Crippen molar-refractivity contribution < 1.29 is 27.5 Å². The van der Waals surface area contributed by atoms with Crippen LogP contribution in [0.1, 0.15) is 5.56 Å². The summed E-state index contributed by atoms with van der Waals surface area (Å²) in [6.45, 7) is 0.745. The number of halogens is 1. The van der Waals surface area contributed by atoms with E-state index < -0.39 is 22.5 Å². The molecule has 2 aromatic rings. The summed E-state index contributed by atoms with van der Waals surface area (Å²) in [6.07, 6.45) is 0.260. The van der Waals surface area contributed by atoms with Crippen LogP contribution in [0.2, 0.25) is 5.02 Å². The molecular formula is C21H25ClN4O6S. The van der Waals surface area contributed by atoms with Gasteiger partial charge in [0.05, 0.1) is 30.9 Å². The molecule has 1 saturated heterocycles. The standard InChI is InChI=1S/C21H25ClN4O6S/c1-30-19-7-6-16(33(28,29)26-8-10-31-11-9-26)13-18(19)24-21(27)14-32-25-20(23)12-15-4-2-3-5-17(15)22/h2-7,13H,8-12,14H2,1H3,(H2,23,25)(H,24,27). The molecule has 1 heterocycles. The van der Waals surface area contributed by atoms with Crippen LogP contribution in [-0.2, 0) is 30.8 Å². The molecule has 12 heteroatoms. The minimum Gasteiger partial charge on any atom is -0.495 e. The monoisotopic (exact) mass is 496 g/mol. The van der Waals surface area contributed by atoms with Crippen LogP contribution >= 0.6 is 11.6 Å². The lowest BCUT2D eigenvalue weighted by Gasteiger charge is -2.26. The molecule has 0 spiro atoms. The van der Waals surface area contributed by atoms with Crippen LogP contribution in [0.3, 0.4) is 0 Å². The number of amidine groups is 1.